The summed E-state index contributed by atoms with van der Waals surface area (Å²) in [5.41, 5.74) is 1.83. The second kappa shape index (κ2) is 4.07. The third-order valence-electron chi connectivity index (χ3n) is 3.02. The molecule has 3 rings (SSSR count). The van der Waals surface area contributed by atoms with Crippen molar-refractivity contribution in [1.82, 2.24) is 4.98 Å². The number of nitriles is 1. The summed E-state index contributed by atoms with van der Waals surface area (Å²) >= 11 is 0. The van der Waals surface area contributed by atoms with Crippen LogP contribution in [0.3, 0.4) is 0 Å². The molecule has 0 aliphatic carbocycles. The fourth-order valence-corrected chi connectivity index (χ4v) is 2.19. The molecule has 0 spiro atoms. The van der Waals surface area contributed by atoms with E-state index in [2.05, 4.69) is 4.98 Å². The first-order chi connectivity index (χ1) is 9.20. The molecule has 0 atom stereocenters. The SMILES string of the molecule is N#Cc1ccc2nc3ccccc3c(C(=O)O)c2c1. The summed E-state index contributed by atoms with van der Waals surface area (Å²) in [6.07, 6.45) is 0. The topological polar surface area (TPSA) is 74.0 Å². The van der Waals surface area contributed by atoms with Crippen LogP contribution in [0.2, 0.25) is 0 Å². The second-order valence-corrected chi connectivity index (χ2v) is 4.15. The summed E-state index contributed by atoms with van der Waals surface area (Å²) in [7, 11) is 0. The Kier molecular flexibility index (Phi) is 2.39. The van der Waals surface area contributed by atoms with Gasteiger partial charge in [0, 0.05) is 10.8 Å². The van der Waals surface area contributed by atoms with Gasteiger partial charge in [0.05, 0.1) is 28.2 Å². The Hall–Kier alpha value is -2.93. The summed E-state index contributed by atoms with van der Waals surface area (Å²) in [5, 5.41) is 19.4. The Morgan fingerprint density at radius 2 is 1.84 bits per heavy atom. The number of benzene rings is 2. The van der Waals surface area contributed by atoms with Gasteiger partial charge in [0.15, 0.2) is 0 Å². The summed E-state index contributed by atoms with van der Waals surface area (Å²) in [5.74, 6) is -1.02. The van der Waals surface area contributed by atoms with Crippen LogP contribution < -0.4 is 0 Å². The number of aromatic carboxylic acids is 1. The molecule has 1 N–H and O–H groups in total. The van der Waals surface area contributed by atoms with Crippen molar-refractivity contribution >= 4 is 27.8 Å². The van der Waals surface area contributed by atoms with Gasteiger partial charge in [0.2, 0.25) is 0 Å². The standard InChI is InChI=1S/C15H8N2O2/c16-8-9-5-6-13-11(7-9)14(15(18)19)10-3-1-2-4-12(10)17-13/h1-7H,(H,18,19). The van der Waals surface area contributed by atoms with Crippen LogP contribution in [0.1, 0.15) is 15.9 Å². The zero-order valence-electron chi connectivity index (χ0n) is 9.79. The van der Waals surface area contributed by atoms with Crippen molar-refractivity contribution < 1.29 is 9.90 Å². The molecule has 0 bridgehead atoms. The number of carboxylic acid groups (broad SMARTS) is 1. The molecule has 4 nitrogen and oxygen atoms in total. The Labute approximate surface area is 108 Å². The van der Waals surface area contributed by atoms with Crippen molar-refractivity contribution in [2.75, 3.05) is 0 Å². The molecular weight excluding hydrogens is 240 g/mol. The van der Waals surface area contributed by atoms with Crippen molar-refractivity contribution in [2.45, 2.75) is 0 Å². The predicted octanol–water partition coefficient (Wildman–Crippen LogP) is 2.96. The lowest BCUT2D eigenvalue weighted by Crippen LogP contribution is -2.01. The summed E-state index contributed by atoms with van der Waals surface area (Å²) in [6.45, 7) is 0. The van der Waals surface area contributed by atoms with Crippen molar-refractivity contribution in [1.29, 1.82) is 5.26 Å². The van der Waals surface area contributed by atoms with E-state index in [-0.39, 0.29) is 5.56 Å². The maximum Gasteiger partial charge on any atom is 0.337 e. The fraction of sp³-hybridized carbons (Fsp3) is 0. The lowest BCUT2D eigenvalue weighted by Gasteiger charge is -2.07. The van der Waals surface area contributed by atoms with Gasteiger partial charge in [-0.15, -0.1) is 0 Å². The number of carboxylic acids is 1. The molecule has 0 unspecified atom stereocenters. The first kappa shape index (κ1) is 11.2. The molecule has 19 heavy (non-hydrogen) atoms. The van der Waals surface area contributed by atoms with E-state index in [0.29, 0.717) is 27.4 Å². The number of carbonyl (C=O) groups is 1. The van der Waals surface area contributed by atoms with Crippen LogP contribution in [-0.2, 0) is 0 Å². The highest BCUT2D eigenvalue weighted by Gasteiger charge is 2.15. The first-order valence-electron chi connectivity index (χ1n) is 5.66. The highest BCUT2D eigenvalue weighted by atomic mass is 16.4. The van der Waals surface area contributed by atoms with Gasteiger partial charge in [0.1, 0.15) is 0 Å². The first-order valence-corrected chi connectivity index (χ1v) is 5.66. The van der Waals surface area contributed by atoms with E-state index >= 15 is 0 Å². The molecule has 0 aliphatic rings. The monoisotopic (exact) mass is 248 g/mol. The van der Waals surface area contributed by atoms with E-state index < -0.39 is 5.97 Å². The Balaban J connectivity index is 2.57. The molecule has 0 aliphatic heterocycles. The van der Waals surface area contributed by atoms with Gasteiger partial charge in [-0.2, -0.15) is 5.26 Å². The van der Waals surface area contributed by atoms with Crippen LogP contribution in [0.15, 0.2) is 42.5 Å². The van der Waals surface area contributed by atoms with Crippen molar-refractivity contribution in [3.63, 3.8) is 0 Å². The number of hydrogen-bond donors (Lipinski definition) is 1. The van der Waals surface area contributed by atoms with E-state index in [1.165, 1.54) is 0 Å². The van der Waals surface area contributed by atoms with E-state index in [1.54, 1.807) is 36.4 Å². The number of pyridine rings is 1. The van der Waals surface area contributed by atoms with Gasteiger partial charge in [-0.1, -0.05) is 18.2 Å². The molecule has 1 heterocycles. The number of aromatic nitrogens is 1. The molecule has 90 valence electrons. The average Bonchev–Trinajstić information content (AvgIpc) is 2.43. The molecule has 0 amide bonds. The molecule has 2 aromatic carbocycles. The number of hydrogen-bond acceptors (Lipinski definition) is 3. The zero-order chi connectivity index (χ0) is 13.4. The lowest BCUT2D eigenvalue weighted by molar-refractivity contribution is 0.0701. The van der Waals surface area contributed by atoms with Gasteiger partial charge in [-0.3, -0.25) is 0 Å². The summed E-state index contributed by atoms with van der Waals surface area (Å²) in [6, 6.07) is 14.0. The number of fused-ring (bicyclic) bond motifs is 2. The maximum atomic E-state index is 11.5. The minimum Gasteiger partial charge on any atom is -0.478 e. The number of rotatable bonds is 1. The van der Waals surface area contributed by atoms with Crippen molar-refractivity contribution in [3.05, 3.63) is 53.6 Å². The Morgan fingerprint density at radius 3 is 2.58 bits per heavy atom. The lowest BCUT2D eigenvalue weighted by atomic mass is 10.0. The van der Waals surface area contributed by atoms with E-state index in [0.717, 1.165) is 0 Å². The molecule has 0 radical (unpaired) electrons. The maximum absolute atomic E-state index is 11.5. The smallest absolute Gasteiger partial charge is 0.337 e. The van der Waals surface area contributed by atoms with Crippen LogP contribution in [0.4, 0.5) is 0 Å². The third kappa shape index (κ3) is 1.69. The van der Waals surface area contributed by atoms with Gasteiger partial charge in [-0.25, -0.2) is 9.78 Å². The quantitative estimate of drug-likeness (QED) is 0.672. The number of nitrogens with zero attached hydrogens (tertiary/aromatic N) is 2. The van der Waals surface area contributed by atoms with E-state index in [9.17, 15) is 9.90 Å². The fourth-order valence-electron chi connectivity index (χ4n) is 2.19. The molecule has 0 saturated heterocycles. The Bertz CT molecular complexity index is 863. The van der Waals surface area contributed by atoms with Gasteiger partial charge in [0.25, 0.3) is 0 Å². The van der Waals surface area contributed by atoms with Crippen LogP contribution in [0, 0.1) is 11.3 Å². The van der Waals surface area contributed by atoms with Crippen molar-refractivity contribution in [3.8, 4) is 6.07 Å². The molecule has 4 heteroatoms. The summed E-state index contributed by atoms with van der Waals surface area (Å²) in [4.78, 5) is 15.9. The van der Waals surface area contributed by atoms with Crippen LogP contribution in [-0.4, -0.2) is 16.1 Å². The predicted molar refractivity (Wildman–Crippen MR) is 70.9 cm³/mol. The Morgan fingerprint density at radius 1 is 1.11 bits per heavy atom. The summed E-state index contributed by atoms with van der Waals surface area (Å²) < 4.78 is 0. The van der Waals surface area contributed by atoms with Crippen LogP contribution in [0.25, 0.3) is 21.8 Å². The third-order valence-corrected chi connectivity index (χ3v) is 3.02. The van der Waals surface area contributed by atoms with E-state index in [1.807, 2.05) is 12.1 Å². The highest BCUT2D eigenvalue weighted by molar-refractivity contribution is 6.13. The van der Waals surface area contributed by atoms with E-state index in [4.69, 9.17) is 5.26 Å². The minimum atomic E-state index is -1.02. The highest BCUT2D eigenvalue weighted by Crippen LogP contribution is 2.26. The van der Waals surface area contributed by atoms with Gasteiger partial charge >= 0.3 is 5.97 Å². The van der Waals surface area contributed by atoms with Crippen molar-refractivity contribution in [2.24, 2.45) is 0 Å². The normalized spacial score (nSPS) is 10.5. The molecule has 0 saturated carbocycles. The van der Waals surface area contributed by atoms with Crippen LogP contribution in [0.5, 0.6) is 0 Å². The van der Waals surface area contributed by atoms with Gasteiger partial charge in [-0.05, 0) is 24.3 Å². The average molecular weight is 248 g/mol. The molecular formula is C15H8N2O2. The number of para-hydroxylation sites is 1. The minimum absolute atomic E-state index is 0.192. The van der Waals surface area contributed by atoms with Gasteiger partial charge < -0.3 is 5.11 Å². The molecule has 1 aromatic heterocycles. The molecule has 0 fully saturated rings. The molecule has 3 aromatic rings. The van der Waals surface area contributed by atoms with Crippen LogP contribution >= 0.6 is 0 Å². The second-order valence-electron chi connectivity index (χ2n) is 4.15. The zero-order valence-corrected chi connectivity index (χ0v) is 9.79. The largest absolute Gasteiger partial charge is 0.478 e.